The molecule has 6 nitrogen and oxygen atoms in total. The summed E-state index contributed by atoms with van der Waals surface area (Å²) in [4.78, 5) is 33.8. The van der Waals surface area contributed by atoms with Gasteiger partial charge in [0.1, 0.15) is 11.6 Å². The largest absolute Gasteiger partial charge is 0.495 e. The van der Waals surface area contributed by atoms with E-state index in [0.29, 0.717) is 45.3 Å². The number of carbonyl (C=O) groups is 1. The monoisotopic (exact) mass is 475 g/mol. The lowest BCUT2D eigenvalue weighted by Gasteiger charge is -2.30. The molecular weight excluding hydrogens is 450 g/mol. The topological polar surface area (TPSA) is 64.4 Å². The van der Waals surface area contributed by atoms with Crippen LogP contribution in [-0.2, 0) is 0 Å². The lowest BCUT2D eigenvalue weighted by Crippen LogP contribution is -2.37. The van der Waals surface area contributed by atoms with E-state index < -0.39 is 6.04 Å². The smallest absolute Gasteiger partial charge is 0.266 e. The SMILES string of the molecule is CCN(C(=O)c1ccccc1Cl)C(C)c1nc2ccccc2c(=O)n1-c1cc(C)ccc1OC. The van der Waals surface area contributed by atoms with E-state index in [-0.39, 0.29) is 11.5 Å². The van der Waals surface area contributed by atoms with Gasteiger partial charge in [0.15, 0.2) is 0 Å². The summed E-state index contributed by atoms with van der Waals surface area (Å²) >= 11 is 6.32. The van der Waals surface area contributed by atoms with Crippen LogP contribution >= 0.6 is 11.6 Å². The number of hydrogen-bond donors (Lipinski definition) is 0. The fourth-order valence-electron chi connectivity index (χ4n) is 4.16. The highest BCUT2D eigenvalue weighted by Gasteiger charge is 2.28. The van der Waals surface area contributed by atoms with Crippen LogP contribution in [0.25, 0.3) is 16.6 Å². The average Bonchev–Trinajstić information content (AvgIpc) is 2.84. The minimum absolute atomic E-state index is 0.224. The predicted molar refractivity (Wildman–Crippen MR) is 135 cm³/mol. The quantitative estimate of drug-likeness (QED) is 0.365. The lowest BCUT2D eigenvalue weighted by atomic mass is 10.1. The van der Waals surface area contributed by atoms with Crippen molar-refractivity contribution in [1.29, 1.82) is 0 Å². The Morgan fingerprint density at radius 1 is 1.12 bits per heavy atom. The molecule has 0 radical (unpaired) electrons. The minimum atomic E-state index is -0.531. The molecule has 0 bridgehead atoms. The van der Waals surface area contributed by atoms with Crippen LogP contribution in [-0.4, -0.2) is 34.0 Å². The maximum Gasteiger partial charge on any atom is 0.266 e. The maximum atomic E-state index is 13.8. The van der Waals surface area contributed by atoms with Crippen LogP contribution < -0.4 is 10.3 Å². The van der Waals surface area contributed by atoms with Gasteiger partial charge in [-0.15, -0.1) is 0 Å². The van der Waals surface area contributed by atoms with Crippen LogP contribution in [0.15, 0.2) is 71.5 Å². The van der Waals surface area contributed by atoms with Crippen LogP contribution in [0.5, 0.6) is 5.75 Å². The molecule has 0 N–H and O–H groups in total. The first-order chi connectivity index (χ1) is 16.4. The van der Waals surface area contributed by atoms with Crippen molar-refractivity contribution in [3.8, 4) is 11.4 Å². The number of halogens is 1. The van der Waals surface area contributed by atoms with Gasteiger partial charge in [0.25, 0.3) is 11.5 Å². The molecule has 4 rings (SSSR count). The Morgan fingerprint density at radius 2 is 1.82 bits per heavy atom. The molecule has 0 saturated heterocycles. The third-order valence-electron chi connectivity index (χ3n) is 5.92. The van der Waals surface area contributed by atoms with Crippen molar-refractivity contribution in [1.82, 2.24) is 14.5 Å². The zero-order chi connectivity index (χ0) is 24.4. The summed E-state index contributed by atoms with van der Waals surface area (Å²) < 4.78 is 7.15. The highest BCUT2D eigenvalue weighted by Crippen LogP contribution is 2.30. The molecule has 0 aliphatic heterocycles. The van der Waals surface area contributed by atoms with Crippen molar-refractivity contribution in [2.75, 3.05) is 13.7 Å². The van der Waals surface area contributed by atoms with E-state index in [0.717, 1.165) is 5.56 Å². The number of carbonyl (C=O) groups excluding carboxylic acids is 1. The Bertz CT molecular complexity index is 1430. The van der Waals surface area contributed by atoms with Crippen LogP contribution in [0, 0.1) is 6.92 Å². The van der Waals surface area contributed by atoms with E-state index in [1.165, 1.54) is 0 Å². The molecule has 0 fully saturated rings. The molecule has 3 aromatic carbocycles. The number of para-hydroxylation sites is 1. The summed E-state index contributed by atoms with van der Waals surface area (Å²) in [6.45, 7) is 6.11. The molecule has 1 aromatic heterocycles. The summed E-state index contributed by atoms with van der Waals surface area (Å²) in [6.07, 6.45) is 0. The van der Waals surface area contributed by atoms with Gasteiger partial charge < -0.3 is 9.64 Å². The van der Waals surface area contributed by atoms with Crippen LogP contribution in [0.2, 0.25) is 5.02 Å². The van der Waals surface area contributed by atoms with Crippen LogP contribution in [0.4, 0.5) is 0 Å². The Hall–Kier alpha value is -3.64. The zero-order valence-electron chi connectivity index (χ0n) is 19.6. The number of methoxy groups -OCH3 is 1. The van der Waals surface area contributed by atoms with E-state index >= 15 is 0 Å². The standard InChI is InChI=1S/C27H26ClN3O3/c1-5-30(26(32)19-10-6-8-12-21(19)28)18(3)25-29-22-13-9-7-11-20(22)27(33)31(25)23-16-17(2)14-15-24(23)34-4/h6-16,18H,5H2,1-4H3. The van der Waals surface area contributed by atoms with Gasteiger partial charge in [0.2, 0.25) is 0 Å². The first kappa shape index (κ1) is 23.5. The van der Waals surface area contributed by atoms with Gasteiger partial charge in [0, 0.05) is 6.54 Å². The second kappa shape index (κ2) is 9.69. The summed E-state index contributed by atoms with van der Waals surface area (Å²) in [6, 6.07) is 19.3. The Kier molecular flexibility index (Phi) is 6.70. The molecule has 1 heterocycles. The molecule has 0 aliphatic rings. The number of ether oxygens (including phenoxy) is 1. The molecule has 0 aliphatic carbocycles. The molecular formula is C27H26ClN3O3. The van der Waals surface area contributed by atoms with Gasteiger partial charge in [-0.05, 0) is 62.7 Å². The van der Waals surface area contributed by atoms with Crippen molar-refractivity contribution in [2.24, 2.45) is 0 Å². The van der Waals surface area contributed by atoms with Crippen molar-refractivity contribution in [2.45, 2.75) is 26.8 Å². The number of nitrogens with zero attached hydrogens (tertiary/aromatic N) is 3. The van der Waals surface area contributed by atoms with Crippen molar-refractivity contribution < 1.29 is 9.53 Å². The fraction of sp³-hybridized carbons (Fsp3) is 0.222. The molecule has 4 aromatic rings. The van der Waals surface area contributed by atoms with Crippen LogP contribution in [0.1, 0.15) is 41.6 Å². The van der Waals surface area contributed by atoms with Crippen molar-refractivity contribution in [3.63, 3.8) is 0 Å². The first-order valence-corrected chi connectivity index (χ1v) is 11.5. The number of aromatic nitrogens is 2. The van der Waals surface area contributed by atoms with E-state index in [2.05, 4.69) is 0 Å². The molecule has 1 unspecified atom stereocenters. The molecule has 174 valence electrons. The highest BCUT2D eigenvalue weighted by atomic mass is 35.5. The van der Waals surface area contributed by atoms with Crippen LogP contribution in [0.3, 0.4) is 0 Å². The Morgan fingerprint density at radius 3 is 2.53 bits per heavy atom. The number of aryl methyl sites for hydroxylation is 1. The maximum absolute atomic E-state index is 13.8. The van der Waals surface area contributed by atoms with Gasteiger partial charge in [-0.1, -0.05) is 41.9 Å². The number of amides is 1. The predicted octanol–water partition coefficient (Wildman–Crippen LogP) is 5.58. The Balaban J connectivity index is 1.97. The number of fused-ring (bicyclic) bond motifs is 1. The van der Waals surface area contributed by atoms with Gasteiger partial charge in [-0.3, -0.25) is 14.2 Å². The molecule has 0 saturated carbocycles. The highest BCUT2D eigenvalue weighted by molar-refractivity contribution is 6.33. The Labute approximate surface area is 203 Å². The second-order valence-corrected chi connectivity index (χ2v) is 8.46. The summed E-state index contributed by atoms with van der Waals surface area (Å²) in [5.74, 6) is 0.749. The minimum Gasteiger partial charge on any atom is -0.495 e. The normalized spacial score (nSPS) is 11.9. The molecule has 1 atom stereocenters. The van der Waals surface area contributed by atoms with E-state index in [4.69, 9.17) is 21.3 Å². The van der Waals surface area contributed by atoms with Crippen molar-refractivity contribution >= 4 is 28.4 Å². The summed E-state index contributed by atoms with van der Waals surface area (Å²) in [5.41, 5.74) is 2.29. The third-order valence-corrected chi connectivity index (χ3v) is 6.25. The first-order valence-electron chi connectivity index (χ1n) is 11.1. The fourth-order valence-corrected chi connectivity index (χ4v) is 4.38. The molecule has 1 amide bonds. The summed E-state index contributed by atoms with van der Waals surface area (Å²) in [7, 11) is 1.57. The average molecular weight is 476 g/mol. The zero-order valence-corrected chi connectivity index (χ0v) is 20.3. The number of rotatable bonds is 6. The third kappa shape index (κ3) is 4.17. The van der Waals surface area contributed by atoms with E-state index in [1.54, 1.807) is 53.0 Å². The number of benzene rings is 3. The van der Waals surface area contributed by atoms with Gasteiger partial charge >= 0.3 is 0 Å². The van der Waals surface area contributed by atoms with Crippen molar-refractivity contribution in [3.05, 3.63) is 99.1 Å². The summed E-state index contributed by atoms with van der Waals surface area (Å²) in [5, 5.41) is 0.866. The van der Waals surface area contributed by atoms with Gasteiger partial charge in [-0.2, -0.15) is 0 Å². The number of hydrogen-bond acceptors (Lipinski definition) is 4. The lowest BCUT2D eigenvalue weighted by molar-refractivity contribution is 0.0693. The van der Waals surface area contributed by atoms with E-state index in [9.17, 15) is 9.59 Å². The molecule has 7 heteroatoms. The van der Waals surface area contributed by atoms with Gasteiger partial charge in [0.05, 0.1) is 40.3 Å². The molecule has 0 spiro atoms. The van der Waals surface area contributed by atoms with E-state index in [1.807, 2.05) is 51.1 Å². The second-order valence-electron chi connectivity index (χ2n) is 8.05. The van der Waals surface area contributed by atoms with Gasteiger partial charge in [-0.25, -0.2) is 4.98 Å². The molecule has 34 heavy (non-hydrogen) atoms.